The average molecular weight is 677 g/mol. The van der Waals surface area contributed by atoms with Crippen molar-refractivity contribution in [3.63, 3.8) is 0 Å². The van der Waals surface area contributed by atoms with Crippen molar-refractivity contribution in [2.24, 2.45) is 0 Å². The molecule has 0 aromatic heterocycles. The molecule has 0 aromatic rings. The molecule has 1 fully saturated rings. The van der Waals surface area contributed by atoms with Crippen LogP contribution >= 0.6 is 0 Å². The SMILES string of the molecule is CCCC[C@H]1O[C@H](CO[Si](C)(C)C(C)(C)C)[C@@H](O[Si](C)(C)C(C)(C)C)[C@H](O[Si](C)(C)C(C)(C)C)[C@H]1O[Si](C)(C)C(C)(C)C. The van der Waals surface area contributed by atoms with Gasteiger partial charge in [0.25, 0.3) is 0 Å². The number of unbranched alkanes of at least 4 members (excludes halogenated alkanes) is 1. The summed E-state index contributed by atoms with van der Waals surface area (Å²) in [5.74, 6) is 0. The Hall–Kier alpha value is 0.668. The predicted octanol–water partition coefficient (Wildman–Crippen LogP) is 11.1. The second-order valence-electron chi connectivity index (χ2n) is 19.5. The van der Waals surface area contributed by atoms with Crippen LogP contribution in [-0.4, -0.2) is 70.4 Å². The second-order valence-corrected chi connectivity index (χ2v) is 38.5. The van der Waals surface area contributed by atoms with Crippen LogP contribution in [0.2, 0.25) is 72.5 Å². The maximum atomic E-state index is 7.53. The summed E-state index contributed by atoms with van der Waals surface area (Å²) in [7, 11) is -8.62. The van der Waals surface area contributed by atoms with Crippen LogP contribution in [0.5, 0.6) is 0 Å². The molecule has 1 saturated heterocycles. The van der Waals surface area contributed by atoms with E-state index in [0.717, 1.165) is 19.3 Å². The Morgan fingerprint density at radius 2 is 0.814 bits per heavy atom. The van der Waals surface area contributed by atoms with E-state index < -0.39 is 33.3 Å². The largest absolute Gasteiger partial charge is 0.414 e. The molecule has 1 heterocycles. The number of ether oxygens (including phenoxy) is 1. The summed E-state index contributed by atoms with van der Waals surface area (Å²) in [6, 6.07) is 0. The zero-order valence-corrected chi connectivity index (χ0v) is 36.8. The Morgan fingerprint density at radius 1 is 0.488 bits per heavy atom. The van der Waals surface area contributed by atoms with E-state index >= 15 is 0 Å². The highest BCUT2D eigenvalue weighted by Gasteiger charge is 2.56. The molecule has 0 N–H and O–H groups in total. The first-order valence-corrected chi connectivity index (χ1v) is 28.8. The molecule has 5 atom stereocenters. The number of rotatable bonds is 12. The number of hydrogen-bond donors (Lipinski definition) is 0. The van der Waals surface area contributed by atoms with Crippen LogP contribution in [0, 0.1) is 0 Å². The van der Waals surface area contributed by atoms with Crippen LogP contribution < -0.4 is 0 Å². The molecule has 43 heavy (non-hydrogen) atoms. The normalized spacial score (nSPS) is 25.7. The lowest BCUT2D eigenvalue weighted by atomic mass is 9.92. The van der Waals surface area contributed by atoms with Gasteiger partial charge in [0, 0.05) is 0 Å². The molecule has 0 bridgehead atoms. The van der Waals surface area contributed by atoms with E-state index in [9.17, 15) is 0 Å². The molecular weight excluding hydrogens is 601 g/mol. The van der Waals surface area contributed by atoms with Gasteiger partial charge in [0.1, 0.15) is 18.3 Å². The van der Waals surface area contributed by atoms with Crippen molar-refractivity contribution in [1.82, 2.24) is 0 Å². The molecule has 5 nitrogen and oxygen atoms in total. The van der Waals surface area contributed by atoms with Gasteiger partial charge in [-0.05, 0) is 78.9 Å². The van der Waals surface area contributed by atoms with Crippen molar-refractivity contribution < 1.29 is 22.4 Å². The molecule has 0 amide bonds. The standard InChI is InChI=1S/C34H76O5Si4/c1-22-23-24-26-28(37-41(16,17)32(5,6)7)30(39-43(20,21)34(11,12)13)29(38-42(18,19)33(8,9)10)27(36-26)25-35-40(14,15)31(2,3)4/h26-30H,22-25H2,1-21H3/t26-,27-,28+,29-,30-/m1/s1. The lowest BCUT2D eigenvalue weighted by molar-refractivity contribution is -0.217. The zero-order valence-electron chi connectivity index (χ0n) is 32.8. The number of hydrogen-bond acceptors (Lipinski definition) is 5. The van der Waals surface area contributed by atoms with Crippen LogP contribution in [0.15, 0.2) is 0 Å². The lowest BCUT2D eigenvalue weighted by Gasteiger charge is -2.55. The quantitative estimate of drug-likeness (QED) is 0.193. The fourth-order valence-electron chi connectivity index (χ4n) is 4.24. The van der Waals surface area contributed by atoms with Crippen LogP contribution in [0.25, 0.3) is 0 Å². The minimum Gasteiger partial charge on any atom is -0.414 e. The summed E-state index contributed by atoms with van der Waals surface area (Å²) >= 11 is 0. The average Bonchev–Trinajstić information content (AvgIpc) is 2.76. The van der Waals surface area contributed by atoms with Gasteiger partial charge in [-0.15, -0.1) is 0 Å². The van der Waals surface area contributed by atoms with E-state index in [1.54, 1.807) is 0 Å². The fourth-order valence-corrected chi connectivity index (χ4v) is 9.20. The van der Waals surface area contributed by atoms with Gasteiger partial charge in [-0.2, -0.15) is 0 Å². The molecule has 1 aliphatic heterocycles. The molecular formula is C34H76O5Si4. The Bertz CT molecular complexity index is 875. The van der Waals surface area contributed by atoms with Crippen molar-refractivity contribution in [3.05, 3.63) is 0 Å². The molecule has 0 unspecified atom stereocenters. The van der Waals surface area contributed by atoms with Gasteiger partial charge in [-0.1, -0.05) is 103 Å². The first-order chi connectivity index (χ1) is 18.8. The minimum absolute atomic E-state index is 0.0498. The van der Waals surface area contributed by atoms with E-state index in [2.05, 4.69) is 142 Å². The van der Waals surface area contributed by atoms with Crippen molar-refractivity contribution in [2.45, 2.75) is 212 Å². The van der Waals surface area contributed by atoms with Gasteiger partial charge in [-0.25, -0.2) is 0 Å². The third-order valence-corrected chi connectivity index (χ3v) is 29.6. The monoisotopic (exact) mass is 676 g/mol. The molecule has 0 aromatic carbocycles. The molecule has 0 radical (unpaired) electrons. The highest BCUT2D eigenvalue weighted by molar-refractivity contribution is 6.75. The van der Waals surface area contributed by atoms with Crippen molar-refractivity contribution in [3.8, 4) is 0 Å². The summed E-state index contributed by atoms with van der Waals surface area (Å²) in [4.78, 5) is 0. The summed E-state index contributed by atoms with van der Waals surface area (Å²) in [6.07, 6.45) is 2.25. The van der Waals surface area contributed by atoms with Crippen molar-refractivity contribution in [1.29, 1.82) is 0 Å². The van der Waals surface area contributed by atoms with Crippen molar-refractivity contribution in [2.75, 3.05) is 6.61 Å². The smallest absolute Gasteiger partial charge is 0.192 e. The van der Waals surface area contributed by atoms with Gasteiger partial charge in [0.2, 0.25) is 0 Å². The molecule has 258 valence electrons. The summed E-state index contributed by atoms with van der Waals surface area (Å²) in [6.45, 7) is 49.5. The van der Waals surface area contributed by atoms with E-state index in [-0.39, 0.29) is 50.7 Å². The molecule has 9 heteroatoms. The van der Waals surface area contributed by atoms with Crippen molar-refractivity contribution >= 4 is 33.3 Å². The lowest BCUT2D eigenvalue weighted by Crippen LogP contribution is -2.68. The van der Waals surface area contributed by atoms with Gasteiger partial charge in [0.15, 0.2) is 33.3 Å². The van der Waals surface area contributed by atoms with Crippen LogP contribution in [0.3, 0.4) is 0 Å². The van der Waals surface area contributed by atoms with Crippen LogP contribution in [0.1, 0.15) is 109 Å². The minimum atomic E-state index is -2.22. The summed E-state index contributed by atoms with van der Waals surface area (Å²) in [5.41, 5.74) is 0. The highest BCUT2D eigenvalue weighted by atomic mass is 28.4. The molecule has 1 aliphatic rings. The van der Waals surface area contributed by atoms with Gasteiger partial charge >= 0.3 is 0 Å². The molecule has 0 aliphatic carbocycles. The van der Waals surface area contributed by atoms with Gasteiger partial charge in [-0.3, -0.25) is 0 Å². The molecule has 0 spiro atoms. The first-order valence-electron chi connectivity index (χ1n) is 17.1. The highest BCUT2D eigenvalue weighted by Crippen LogP contribution is 2.47. The Kier molecular flexibility index (Phi) is 13.6. The fraction of sp³-hybridized carbons (Fsp3) is 1.00. The first kappa shape index (κ1) is 41.7. The second kappa shape index (κ2) is 14.0. The zero-order chi connectivity index (χ0) is 34.3. The van der Waals surface area contributed by atoms with E-state index in [1.165, 1.54) is 0 Å². The van der Waals surface area contributed by atoms with Gasteiger partial charge in [0.05, 0.1) is 18.8 Å². The Balaban J connectivity index is 3.92. The van der Waals surface area contributed by atoms with Gasteiger partial charge < -0.3 is 22.4 Å². The van der Waals surface area contributed by atoms with E-state index in [0.29, 0.717) is 6.61 Å². The van der Waals surface area contributed by atoms with E-state index in [4.69, 9.17) is 22.4 Å². The Morgan fingerprint density at radius 3 is 1.14 bits per heavy atom. The topological polar surface area (TPSA) is 46.2 Å². The van der Waals surface area contributed by atoms with Crippen LogP contribution in [-0.2, 0) is 22.4 Å². The maximum Gasteiger partial charge on any atom is 0.192 e. The third-order valence-electron chi connectivity index (χ3n) is 11.7. The molecule has 0 saturated carbocycles. The molecule has 1 rings (SSSR count). The maximum absolute atomic E-state index is 7.53. The van der Waals surface area contributed by atoms with Crippen LogP contribution in [0.4, 0.5) is 0 Å². The summed E-state index contributed by atoms with van der Waals surface area (Å²) < 4.78 is 36.5. The van der Waals surface area contributed by atoms with E-state index in [1.807, 2.05) is 0 Å². The Labute approximate surface area is 273 Å². The summed E-state index contributed by atoms with van der Waals surface area (Å²) in [5, 5.41) is 0.292. The predicted molar refractivity (Wildman–Crippen MR) is 198 cm³/mol. The third kappa shape index (κ3) is 10.6.